The number of thiophene rings is 1. The molecule has 2 aromatic heterocycles. The van der Waals surface area contributed by atoms with Gasteiger partial charge in [-0.2, -0.15) is 0 Å². The van der Waals surface area contributed by atoms with Gasteiger partial charge in [-0.25, -0.2) is 15.8 Å². The van der Waals surface area contributed by atoms with Crippen LogP contribution in [-0.4, -0.2) is 9.97 Å². The molecule has 0 radical (unpaired) electrons. The fourth-order valence-electron chi connectivity index (χ4n) is 1.83. The number of hydrazine groups is 1. The van der Waals surface area contributed by atoms with Crippen molar-refractivity contribution in [2.45, 2.75) is 6.61 Å². The molecule has 0 unspecified atom stereocenters. The SMILES string of the molecule is NNc1nc(COc2c(Cl)cccc2Cl)nc2sccc12. The lowest BCUT2D eigenvalue weighted by atomic mass is 10.3. The average molecular weight is 341 g/mol. The minimum atomic E-state index is 0.145. The van der Waals surface area contributed by atoms with E-state index in [0.29, 0.717) is 27.4 Å². The van der Waals surface area contributed by atoms with Crippen molar-refractivity contribution in [3.63, 3.8) is 0 Å². The molecule has 0 aliphatic rings. The van der Waals surface area contributed by atoms with Crippen LogP contribution in [-0.2, 0) is 6.61 Å². The summed E-state index contributed by atoms with van der Waals surface area (Å²) in [6.07, 6.45) is 0. The van der Waals surface area contributed by atoms with Gasteiger partial charge in [-0.15, -0.1) is 11.3 Å². The van der Waals surface area contributed by atoms with Gasteiger partial charge < -0.3 is 10.2 Å². The number of ether oxygens (including phenoxy) is 1. The molecule has 0 aliphatic heterocycles. The first-order valence-corrected chi connectivity index (χ1v) is 7.60. The van der Waals surface area contributed by atoms with E-state index in [0.717, 1.165) is 10.2 Å². The molecule has 0 amide bonds. The van der Waals surface area contributed by atoms with Crippen molar-refractivity contribution in [2.75, 3.05) is 5.43 Å². The first-order chi connectivity index (χ1) is 10.2. The fraction of sp³-hybridized carbons (Fsp3) is 0.0769. The fourth-order valence-corrected chi connectivity index (χ4v) is 3.12. The van der Waals surface area contributed by atoms with Crippen LogP contribution in [0.4, 0.5) is 5.82 Å². The van der Waals surface area contributed by atoms with Crippen molar-refractivity contribution < 1.29 is 4.74 Å². The molecule has 0 spiro atoms. The molecule has 0 atom stereocenters. The number of nitrogen functional groups attached to an aromatic ring is 1. The molecular formula is C13H10Cl2N4OS. The van der Waals surface area contributed by atoms with Gasteiger partial charge in [0, 0.05) is 0 Å². The monoisotopic (exact) mass is 340 g/mol. The van der Waals surface area contributed by atoms with Gasteiger partial charge in [0.15, 0.2) is 17.4 Å². The van der Waals surface area contributed by atoms with E-state index in [1.54, 1.807) is 18.2 Å². The zero-order valence-electron chi connectivity index (χ0n) is 10.6. The number of rotatable bonds is 4. The third kappa shape index (κ3) is 2.89. The molecule has 8 heteroatoms. The van der Waals surface area contributed by atoms with Crippen LogP contribution in [0.5, 0.6) is 5.75 Å². The standard InChI is InChI=1S/C13H10Cl2N4OS/c14-8-2-1-3-9(15)11(8)20-6-10-17-12(19-16)7-4-5-21-13(7)18-10/h1-5H,6,16H2,(H,17,18,19). The molecule has 0 fully saturated rings. The summed E-state index contributed by atoms with van der Waals surface area (Å²) in [5.74, 6) is 6.95. The maximum Gasteiger partial charge on any atom is 0.169 e. The van der Waals surface area contributed by atoms with E-state index in [-0.39, 0.29) is 6.61 Å². The van der Waals surface area contributed by atoms with Crippen molar-refractivity contribution in [2.24, 2.45) is 5.84 Å². The molecule has 0 aliphatic carbocycles. The number of para-hydroxylation sites is 1. The maximum atomic E-state index is 6.05. The predicted molar refractivity (Wildman–Crippen MR) is 86.0 cm³/mol. The Hall–Kier alpha value is -1.60. The van der Waals surface area contributed by atoms with Crippen LogP contribution < -0.4 is 16.0 Å². The summed E-state index contributed by atoms with van der Waals surface area (Å²) in [4.78, 5) is 9.57. The van der Waals surface area contributed by atoms with Crippen molar-refractivity contribution in [3.8, 4) is 5.75 Å². The second-order valence-electron chi connectivity index (χ2n) is 4.11. The minimum absolute atomic E-state index is 0.145. The molecular weight excluding hydrogens is 331 g/mol. The second kappa shape index (κ2) is 6.03. The van der Waals surface area contributed by atoms with Gasteiger partial charge >= 0.3 is 0 Å². The summed E-state index contributed by atoms with van der Waals surface area (Å²) in [7, 11) is 0. The average Bonchev–Trinajstić information content (AvgIpc) is 2.94. The number of hydrogen-bond acceptors (Lipinski definition) is 6. The zero-order chi connectivity index (χ0) is 14.8. The number of nitrogens with one attached hydrogen (secondary N) is 1. The number of nitrogens with two attached hydrogens (primary N) is 1. The number of anilines is 1. The normalized spacial score (nSPS) is 10.8. The number of benzene rings is 1. The summed E-state index contributed by atoms with van der Waals surface area (Å²) >= 11 is 13.6. The van der Waals surface area contributed by atoms with E-state index in [2.05, 4.69) is 15.4 Å². The largest absolute Gasteiger partial charge is 0.482 e. The number of nitrogens with zero attached hydrogens (tertiary/aromatic N) is 2. The zero-order valence-corrected chi connectivity index (χ0v) is 13.0. The lowest BCUT2D eigenvalue weighted by molar-refractivity contribution is 0.297. The van der Waals surface area contributed by atoms with Crippen LogP contribution in [0, 0.1) is 0 Å². The molecule has 3 rings (SSSR count). The van der Waals surface area contributed by atoms with E-state index in [9.17, 15) is 0 Å². The Morgan fingerprint density at radius 2 is 1.95 bits per heavy atom. The Morgan fingerprint density at radius 1 is 1.19 bits per heavy atom. The Kier molecular flexibility index (Phi) is 4.12. The molecule has 0 saturated heterocycles. The van der Waals surface area contributed by atoms with Crippen molar-refractivity contribution in [1.82, 2.24) is 9.97 Å². The van der Waals surface area contributed by atoms with E-state index in [1.165, 1.54) is 11.3 Å². The predicted octanol–water partition coefficient (Wildman–Crippen LogP) is 3.86. The number of halogens is 2. The number of hydrogen-bond donors (Lipinski definition) is 2. The molecule has 3 aromatic rings. The second-order valence-corrected chi connectivity index (χ2v) is 5.82. The molecule has 108 valence electrons. The highest BCUT2D eigenvalue weighted by Gasteiger charge is 2.11. The van der Waals surface area contributed by atoms with Gasteiger partial charge in [-0.1, -0.05) is 29.3 Å². The highest BCUT2D eigenvalue weighted by Crippen LogP contribution is 2.33. The Morgan fingerprint density at radius 3 is 2.67 bits per heavy atom. The highest BCUT2D eigenvalue weighted by atomic mass is 35.5. The van der Waals surface area contributed by atoms with E-state index >= 15 is 0 Å². The molecule has 1 aromatic carbocycles. The van der Waals surface area contributed by atoms with Crippen molar-refractivity contribution in [3.05, 3.63) is 45.5 Å². The Bertz CT molecular complexity index is 773. The van der Waals surface area contributed by atoms with Crippen LogP contribution in [0.3, 0.4) is 0 Å². The van der Waals surface area contributed by atoms with Gasteiger partial charge in [0.2, 0.25) is 0 Å². The minimum Gasteiger partial charge on any atom is -0.482 e. The summed E-state index contributed by atoms with van der Waals surface area (Å²) in [5.41, 5.74) is 2.57. The van der Waals surface area contributed by atoms with Crippen LogP contribution in [0.15, 0.2) is 29.6 Å². The quantitative estimate of drug-likeness (QED) is 0.557. The topological polar surface area (TPSA) is 73.1 Å². The number of aromatic nitrogens is 2. The third-order valence-corrected chi connectivity index (χ3v) is 4.17. The first kappa shape index (κ1) is 14.3. The molecule has 2 heterocycles. The summed E-state index contributed by atoms with van der Waals surface area (Å²) in [6, 6.07) is 7.07. The van der Waals surface area contributed by atoms with Crippen LogP contribution in [0.2, 0.25) is 10.0 Å². The Labute approximate surface area is 134 Å². The molecule has 21 heavy (non-hydrogen) atoms. The molecule has 0 saturated carbocycles. The van der Waals surface area contributed by atoms with E-state index < -0.39 is 0 Å². The van der Waals surface area contributed by atoms with Crippen molar-refractivity contribution >= 4 is 50.6 Å². The van der Waals surface area contributed by atoms with Crippen LogP contribution >= 0.6 is 34.5 Å². The Balaban J connectivity index is 1.88. The van der Waals surface area contributed by atoms with E-state index in [4.69, 9.17) is 33.8 Å². The van der Waals surface area contributed by atoms with Crippen molar-refractivity contribution in [1.29, 1.82) is 0 Å². The van der Waals surface area contributed by atoms with Gasteiger partial charge in [0.25, 0.3) is 0 Å². The van der Waals surface area contributed by atoms with Gasteiger partial charge in [-0.05, 0) is 23.6 Å². The molecule has 3 N–H and O–H groups in total. The third-order valence-electron chi connectivity index (χ3n) is 2.77. The lowest BCUT2D eigenvalue weighted by Crippen LogP contribution is -2.11. The van der Waals surface area contributed by atoms with E-state index in [1.807, 2.05) is 11.4 Å². The summed E-state index contributed by atoms with van der Waals surface area (Å²) in [6.45, 7) is 0.145. The maximum absolute atomic E-state index is 6.05. The summed E-state index contributed by atoms with van der Waals surface area (Å²) < 4.78 is 5.63. The molecule has 0 bridgehead atoms. The molecule has 5 nitrogen and oxygen atoms in total. The first-order valence-electron chi connectivity index (χ1n) is 5.96. The highest BCUT2D eigenvalue weighted by molar-refractivity contribution is 7.16. The van der Waals surface area contributed by atoms with Gasteiger partial charge in [-0.3, -0.25) is 0 Å². The van der Waals surface area contributed by atoms with Crippen LogP contribution in [0.25, 0.3) is 10.2 Å². The summed E-state index contributed by atoms with van der Waals surface area (Å²) in [5, 5.41) is 3.69. The van der Waals surface area contributed by atoms with Gasteiger partial charge in [0.05, 0.1) is 15.4 Å². The smallest absolute Gasteiger partial charge is 0.169 e. The number of fused-ring (bicyclic) bond motifs is 1. The lowest BCUT2D eigenvalue weighted by Gasteiger charge is -2.10. The van der Waals surface area contributed by atoms with Crippen LogP contribution in [0.1, 0.15) is 5.82 Å². The van der Waals surface area contributed by atoms with Gasteiger partial charge in [0.1, 0.15) is 11.4 Å².